The summed E-state index contributed by atoms with van der Waals surface area (Å²) in [6.45, 7) is 4.65. The van der Waals surface area contributed by atoms with Crippen LogP contribution in [0.1, 0.15) is 25.3 Å². The zero-order valence-electron chi connectivity index (χ0n) is 16.0. The molecule has 2 aliphatic heterocycles. The van der Waals surface area contributed by atoms with Gasteiger partial charge in [-0.1, -0.05) is 19.1 Å². The van der Waals surface area contributed by atoms with E-state index in [1.165, 1.54) is 5.56 Å². The minimum Gasteiger partial charge on any atom is -0.487 e. The Morgan fingerprint density at radius 1 is 1.19 bits per heavy atom. The molecule has 3 rings (SSSR count). The molecule has 2 aliphatic rings. The van der Waals surface area contributed by atoms with Crippen molar-refractivity contribution >= 4 is 11.9 Å². The molecule has 0 aliphatic carbocycles. The monoisotopic (exact) mass is 359 g/mol. The van der Waals surface area contributed by atoms with Crippen molar-refractivity contribution in [3.8, 4) is 5.75 Å². The second-order valence-electron chi connectivity index (χ2n) is 7.45. The van der Waals surface area contributed by atoms with Crippen LogP contribution in [0.2, 0.25) is 0 Å². The zero-order valence-corrected chi connectivity index (χ0v) is 16.0. The summed E-state index contributed by atoms with van der Waals surface area (Å²) in [6.07, 6.45) is 2.79. The Balaban J connectivity index is 1.49. The third kappa shape index (κ3) is 4.11. The van der Waals surface area contributed by atoms with Crippen LogP contribution in [0.5, 0.6) is 5.75 Å². The largest absolute Gasteiger partial charge is 0.487 e. The van der Waals surface area contributed by atoms with Gasteiger partial charge in [0.15, 0.2) is 0 Å². The minimum atomic E-state index is -0.0861. The Labute approximate surface area is 155 Å². The van der Waals surface area contributed by atoms with Crippen LogP contribution >= 0.6 is 0 Å². The van der Waals surface area contributed by atoms with Gasteiger partial charge in [0.25, 0.3) is 0 Å². The van der Waals surface area contributed by atoms with Gasteiger partial charge in [0.05, 0.1) is 19.0 Å². The minimum absolute atomic E-state index is 0.0110. The molecule has 0 radical (unpaired) electrons. The fourth-order valence-electron chi connectivity index (χ4n) is 3.62. The van der Waals surface area contributed by atoms with Crippen LogP contribution in [0.4, 0.5) is 4.79 Å². The number of carbonyl (C=O) groups excluding carboxylic acids is 2. The Kier molecular flexibility index (Phi) is 5.69. The first-order valence-corrected chi connectivity index (χ1v) is 9.48. The Hall–Kier alpha value is -2.24. The van der Waals surface area contributed by atoms with Gasteiger partial charge in [-0.15, -0.1) is 0 Å². The summed E-state index contributed by atoms with van der Waals surface area (Å²) < 4.78 is 5.99. The van der Waals surface area contributed by atoms with E-state index in [-0.39, 0.29) is 24.0 Å². The molecule has 6 nitrogen and oxygen atoms in total. The van der Waals surface area contributed by atoms with Gasteiger partial charge in [0, 0.05) is 27.2 Å². The molecule has 1 atom stereocenters. The Morgan fingerprint density at radius 2 is 1.96 bits per heavy atom. The number of piperidine rings is 1. The molecule has 26 heavy (non-hydrogen) atoms. The number of carbonyl (C=O) groups is 2. The van der Waals surface area contributed by atoms with Crippen molar-refractivity contribution in [3.63, 3.8) is 0 Å². The molecular formula is C20H29N3O3. The molecule has 2 saturated heterocycles. The SMILES string of the molecule is CCc1cccc(OC2CN(C(=O)[C@H]3CCCN(C(=O)N(C)C)C3)C2)c1. The fourth-order valence-corrected chi connectivity index (χ4v) is 3.62. The number of hydrogen-bond acceptors (Lipinski definition) is 3. The summed E-state index contributed by atoms with van der Waals surface area (Å²) in [5, 5.41) is 0. The summed E-state index contributed by atoms with van der Waals surface area (Å²) in [6, 6.07) is 8.12. The molecule has 6 heteroatoms. The van der Waals surface area contributed by atoms with Gasteiger partial charge in [-0.3, -0.25) is 4.79 Å². The van der Waals surface area contributed by atoms with Crippen LogP contribution in [-0.4, -0.2) is 73.0 Å². The maximum atomic E-state index is 12.7. The molecule has 3 amide bonds. The maximum Gasteiger partial charge on any atom is 0.319 e. The molecule has 0 N–H and O–H groups in total. The average molecular weight is 359 g/mol. The highest BCUT2D eigenvalue weighted by atomic mass is 16.5. The first-order chi connectivity index (χ1) is 12.5. The lowest BCUT2D eigenvalue weighted by atomic mass is 9.95. The third-order valence-electron chi connectivity index (χ3n) is 5.19. The normalized spacial score (nSPS) is 20.5. The second kappa shape index (κ2) is 7.98. The van der Waals surface area contributed by atoms with Crippen LogP contribution in [0, 0.1) is 5.92 Å². The lowest BCUT2D eigenvalue weighted by Gasteiger charge is -2.42. The second-order valence-corrected chi connectivity index (χ2v) is 7.45. The predicted molar refractivity (Wildman–Crippen MR) is 100 cm³/mol. The molecular weight excluding hydrogens is 330 g/mol. The average Bonchev–Trinajstić information content (AvgIpc) is 2.63. The van der Waals surface area contributed by atoms with Crippen LogP contribution in [0.3, 0.4) is 0 Å². The molecule has 0 bridgehead atoms. The van der Waals surface area contributed by atoms with E-state index in [9.17, 15) is 9.59 Å². The molecule has 0 unspecified atom stereocenters. The molecule has 2 fully saturated rings. The van der Waals surface area contributed by atoms with E-state index in [0.717, 1.165) is 31.6 Å². The lowest BCUT2D eigenvalue weighted by molar-refractivity contribution is -0.145. The van der Waals surface area contributed by atoms with Gasteiger partial charge in [-0.2, -0.15) is 0 Å². The molecule has 0 spiro atoms. The fraction of sp³-hybridized carbons (Fsp3) is 0.600. The molecule has 142 valence electrons. The topological polar surface area (TPSA) is 53.1 Å². The van der Waals surface area contributed by atoms with Crippen molar-refractivity contribution in [2.24, 2.45) is 5.92 Å². The number of amides is 3. The van der Waals surface area contributed by atoms with Crippen LogP contribution in [-0.2, 0) is 11.2 Å². The highest BCUT2D eigenvalue weighted by molar-refractivity contribution is 5.81. The number of urea groups is 1. The maximum absolute atomic E-state index is 12.7. The predicted octanol–water partition coefficient (Wildman–Crippen LogP) is 2.23. The van der Waals surface area contributed by atoms with Crippen LogP contribution in [0.25, 0.3) is 0 Å². The van der Waals surface area contributed by atoms with Crippen molar-refractivity contribution in [1.82, 2.24) is 14.7 Å². The number of benzene rings is 1. The van der Waals surface area contributed by atoms with Gasteiger partial charge >= 0.3 is 6.03 Å². The summed E-state index contributed by atoms with van der Waals surface area (Å²) in [5.41, 5.74) is 1.25. The van der Waals surface area contributed by atoms with Crippen molar-refractivity contribution in [1.29, 1.82) is 0 Å². The summed E-state index contributed by atoms with van der Waals surface area (Å²) in [5.74, 6) is 0.947. The lowest BCUT2D eigenvalue weighted by Crippen LogP contribution is -2.59. The summed E-state index contributed by atoms with van der Waals surface area (Å²) in [7, 11) is 3.50. The number of ether oxygens (including phenoxy) is 1. The van der Waals surface area contributed by atoms with E-state index in [1.54, 1.807) is 23.9 Å². The van der Waals surface area contributed by atoms with E-state index in [4.69, 9.17) is 4.74 Å². The Bertz CT molecular complexity index is 655. The van der Waals surface area contributed by atoms with Crippen molar-refractivity contribution in [2.45, 2.75) is 32.3 Å². The van der Waals surface area contributed by atoms with Crippen molar-refractivity contribution in [3.05, 3.63) is 29.8 Å². The van der Waals surface area contributed by atoms with E-state index < -0.39 is 0 Å². The van der Waals surface area contributed by atoms with E-state index in [0.29, 0.717) is 19.6 Å². The molecule has 0 saturated carbocycles. The first kappa shape index (κ1) is 18.5. The van der Waals surface area contributed by atoms with Crippen molar-refractivity contribution < 1.29 is 14.3 Å². The Morgan fingerprint density at radius 3 is 2.65 bits per heavy atom. The molecule has 1 aromatic rings. The number of likely N-dealkylation sites (tertiary alicyclic amines) is 2. The smallest absolute Gasteiger partial charge is 0.319 e. The van der Waals surface area contributed by atoms with Gasteiger partial charge in [-0.05, 0) is 37.0 Å². The first-order valence-electron chi connectivity index (χ1n) is 9.48. The molecule has 0 aromatic heterocycles. The van der Waals surface area contributed by atoms with Gasteiger partial charge < -0.3 is 19.4 Å². The highest BCUT2D eigenvalue weighted by Crippen LogP contribution is 2.24. The quantitative estimate of drug-likeness (QED) is 0.828. The van der Waals surface area contributed by atoms with E-state index in [2.05, 4.69) is 19.1 Å². The van der Waals surface area contributed by atoms with Gasteiger partial charge in [0.2, 0.25) is 5.91 Å². The van der Waals surface area contributed by atoms with Gasteiger partial charge in [0.1, 0.15) is 11.9 Å². The van der Waals surface area contributed by atoms with E-state index in [1.807, 2.05) is 17.0 Å². The number of hydrogen-bond donors (Lipinski definition) is 0. The zero-order chi connectivity index (χ0) is 18.7. The van der Waals surface area contributed by atoms with E-state index >= 15 is 0 Å². The highest BCUT2D eigenvalue weighted by Gasteiger charge is 2.38. The van der Waals surface area contributed by atoms with Crippen LogP contribution < -0.4 is 4.74 Å². The number of rotatable bonds is 4. The molecule has 2 heterocycles. The number of aryl methyl sites for hydroxylation is 1. The summed E-state index contributed by atoms with van der Waals surface area (Å²) >= 11 is 0. The van der Waals surface area contributed by atoms with Gasteiger partial charge in [-0.25, -0.2) is 4.79 Å². The standard InChI is InChI=1S/C20H29N3O3/c1-4-15-7-5-9-17(11-15)26-18-13-23(14-18)19(24)16-8-6-10-22(12-16)20(25)21(2)3/h5,7,9,11,16,18H,4,6,8,10,12-14H2,1-3H3/t16-/m0/s1. The molecule has 1 aromatic carbocycles. The van der Waals surface area contributed by atoms with Crippen LogP contribution in [0.15, 0.2) is 24.3 Å². The number of nitrogens with zero attached hydrogens (tertiary/aromatic N) is 3. The third-order valence-corrected chi connectivity index (χ3v) is 5.19. The summed E-state index contributed by atoms with van der Waals surface area (Å²) in [4.78, 5) is 30.1. The van der Waals surface area contributed by atoms with Crippen molar-refractivity contribution in [2.75, 3.05) is 40.3 Å².